The van der Waals surface area contributed by atoms with Crippen LogP contribution >= 0.6 is 0 Å². The number of hydrogen-bond acceptors (Lipinski definition) is 3. The molecule has 0 radical (unpaired) electrons. The summed E-state index contributed by atoms with van der Waals surface area (Å²) < 4.78 is 10.6. The Bertz CT molecular complexity index is 103. The maximum atomic E-state index is 8.00. The van der Waals surface area contributed by atoms with Crippen LogP contribution in [0.3, 0.4) is 0 Å². The van der Waals surface area contributed by atoms with Gasteiger partial charge in [-0.15, -0.1) is 0 Å². The van der Waals surface area contributed by atoms with Crippen molar-refractivity contribution in [3.63, 3.8) is 0 Å². The van der Waals surface area contributed by atoms with E-state index in [1.165, 1.54) is 51.4 Å². The molecule has 0 aromatic rings. The molecule has 0 saturated heterocycles. The first-order chi connectivity index (χ1) is 9.83. The highest BCUT2D eigenvalue weighted by Crippen LogP contribution is 1.92. The molecule has 3 heteroatoms. The van der Waals surface area contributed by atoms with E-state index in [1.807, 2.05) is 6.79 Å². The summed E-state index contributed by atoms with van der Waals surface area (Å²) in [5.74, 6) is 0. The van der Waals surface area contributed by atoms with Crippen LogP contribution in [0.25, 0.3) is 0 Å². The molecule has 0 unspecified atom stereocenters. The second kappa shape index (κ2) is 31.1. The van der Waals surface area contributed by atoms with Crippen molar-refractivity contribution in [2.75, 3.05) is 26.4 Å². The monoisotopic (exact) mass is 290 g/mol. The standard InChI is InChI=1S/2C8H18O.CH2O/c2*1-3-5-7-9-8-6-4-2;1-2/h2*3-8H2,1-2H3;1H2. The summed E-state index contributed by atoms with van der Waals surface area (Å²) in [6.07, 6.45) is 9.82. The molecule has 20 heavy (non-hydrogen) atoms. The highest BCUT2D eigenvalue weighted by Gasteiger charge is 1.85. The van der Waals surface area contributed by atoms with E-state index in [9.17, 15) is 0 Å². The molecule has 0 aromatic carbocycles. The molecule has 0 aliphatic heterocycles. The fraction of sp³-hybridized carbons (Fsp3) is 0.941. The van der Waals surface area contributed by atoms with E-state index in [0.717, 1.165) is 26.4 Å². The van der Waals surface area contributed by atoms with Crippen LogP contribution in [-0.4, -0.2) is 33.2 Å². The van der Waals surface area contributed by atoms with Crippen molar-refractivity contribution in [3.05, 3.63) is 0 Å². The highest BCUT2D eigenvalue weighted by molar-refractivity contribution is 5.10. The van der Waals surface area contributed by atoms with Gasteiger partial charge in [-0.2, -0.15) is 0 Å². The minimum atomic E-state index is 0.955. The molecule has 124 valence electrons. The van der Waals surface area contributed by atoms with Crippen molar-refractivity contribution >= 4 is 6.79 Å². The highest BCUT2D eigenvalue weighted by atomic mass is 16.5. The summed E-state index contributed by atoms with van der Waals surface area (Å²) in [4.78, 5) is 8.00. The molecule has 0 fully saturated rings. The second-order valence-electron chi connectivity index (χ2n) is 4.64. The lowest BCUT2D eigenvalue weighted by Gasteiger charge is -1.99. The average molecular weight is 290 g/mol. The van der Waals surface area contributed by atoms with Crippen molar-refractivity contribution in [2.45, 2.75) is 79.1 Å². The maximum Gasteiger partial charge on any atom is 0.106 e. The molecule has 0 aromatic heterocycles. The largest absolute Gasteiger partial charge is 0.381 e. The molecule has 0 atom stereocenters. The topological polar surface area (TPSA) is 35.5 Å². The first-order valence-electron chi connectivity index (χ1n) is 8.27. The van der Waals surface area contributed by atoms with Gasteiger partial charge in [0.05, 0.1) is 0 Å². The Morgan fingerprint density at radius 3 is 0.900 bits per heavy atom. The molecule has 3 nitrogen and oxygen atoms in total. The van der Waals surface area contributed by atoms with E-state index >= 15 is 0 Å². The Morgan fingerprint density at radius 2 is 0.750 bits per heavy atom. The Kier molecular flexibility index (Phi) is 38.3. The number of unbranched alkanes of at least 4 members (excludes halogenated alkanes) is 4. The van der Waals surface area contributed by atoms with Crippen molar-refractivity contribution in [2.24, 2.45) is 0 Å². The Morgan fingerprint density at radius 1 is 0.550 bits per heavy atom. The molecule has 0 bridgehead atoms. The fourth-order valence-corrected chi connectivity index (χ4v) is 1.19. The number of carbonyl (C=O) groups is 1. The zero-order valence-electron chi connectivity index (χ0n) is 14.4. The summed E-state index contributed by atoms with van der Waals surface area (Å²) in [6.45, 7) is 14.6. The van der Waals surface area contributed by atoms with E-state index in [-0.39, 0.29) is 0 Å². The second-order valence-corrected chi connectivity index (χ2v) is 4.64. The lowest BCUT2D eigenvalue weighted by Crippen LogP contribution is -1.95. The molecule has 0 saturated carbocycles. The van der Waals surface area contributed by atoms with Crippen molar-refractivity contribution in [3.8, 4) is 0 Å². The molecular formula is C17H38O3. The van der Waals surface area contributed by atoms with Gasteiger partial charge in [0.25, 0.3) is 0 Å². The first-order valence-corrected chi connectivity index (χ1v) is 8.27. The summed E-state index contributed by atoms with van der Waals surface area (Å²) in [7, 11) is 0. The van der Waals surface area contributed by atoms with Crippen LogP contribution in [0.5, 0.6) is 0 Å². The summed E-state index contributed by atoms with van der Waals surface area (Å²) in [5.41, 5.74) is 0. The van der Waals surface area contributed by atoms with Gasteiger partial charge >= 0.3 is 0 Å². The fourth-order valence-electron chi connectivity index (χ4n) is 1.19. The molecule has 0 N–H and O–H groups in total. The molecule has 0 heterocycles. The molecule has 0 aliphatic carbocycles. The van der Waals surface area contributed by atoms with Gasteiger partial charge in [0, 0.05) is 26.4 Å². The number of ether oxygens (including phenoxy) is 2. The van der Waals surface area contributed by atoms with Gasteiger partial charge < -0.3 is 14.3 Å². The zero-order chi connectivity index (χ0) is 15.9. The summed E-state index contributed by atoms with van der Waals surface area (Å²) >= 11 is 0. The van der Waals surface area contributed by atoms with Crippen molar-refractivity contribution < 1.29 is 14.3 Å². The molecule has 0 spiro atoms. The molecule has 0 aliphatic rings. The van der Waals surface area contributed by atoms with Gasteiger partial charge in [-0.25, -0.2) is 0 Å². The van der Waals surface area contributed by atoms with Gasteiger partial charge in [-0.3, -0.25) is 0 Å². The Labute approximate surface area is 127 Å². The Hall–Kier alpha value is -0.410. The maximum absolute atomic E-state index is 8.00. The quantitative estimate of drug-likeness (QED) is 0.473. The van der Waals surface area contributed by atoms with Crippen molar-refractivity contribution in [1.82, 2.24) is 0 Å². The third-order valence-corrected chi connectivity index (χ3v) is 2.57. The van der Waals surface area contributed by atoms with E-state index < -0.39 is 0 Å². The first kappa shape index (κ1) is 24.6. The van der Waals surface area contributed by atoms with E-state index in [4.69, 9.17) is 14.3 Å². The van der Waals surface area contributed by atoms with Gasteiger partial charge in [0.1, 0.15) is 6.79 Å². The van der Waals surface area contributed by atoms with Gasteiger partial charge in [0.2, 0.25) is 0 Å². The van der Waals surface area contributed by atoms with Crippen LogP contribution in [-0.2, 0) is 14.3 Å². The SMILES string of the molecule is C=O.CCCCOCCCC.CCCCOCCCC. The van der Waals surface area contributed by atoms with Crippen molar-refractivity contribution in [1.29, 1.82) is 0 Å². The molecule has 0 rings (SSSR count). The number of rotatable bonds is 12. The zero-order valence-corrected chi connectivity index (χ0v) is 14.4. The predicted molar refractivity (Wildman–Crippen MR) is 88.4 cm³/mol. The van der Waals surface area contributed by atoms with Crippen LogP contribution in [0.1, 0.15) is 79.1 Å². The van der Waals surface area contributed by atoms with Crippen LogP contribution in [0.2, 0.25) is 0 Å². The molecule has 0 amide bonds. The third kappa shape index (κ3) is 36.0. The van der Waals surface area contributed by atoms with E-state index in [1.54, 1.807) is 0 Å². The normalized spacial score (nSPS) is 9.20. The van der Waals surface area contributed by atoms with Gasteiger partial charge in [-0.05, 0) is 25.7 Å². The van der Waals surface area contributed by atoms with E-state index in [0.29, 0.717) is 0 Å². The minimum Gasteiger partial charge on any atom is -0.381 e. The summed E-state index contributed by atoms with van der Waals surface area (Å²) in [6, 6.07) is 0. The minimum absolute atomic E-state index is 0.955. The lowest BCUT2D eigenvalue weighted by atomic mass is 10.3. The lowest BCUT2D eigenvalue weighted by molar-refractivity contribution is -0.0979. The van der Waals surface area contributed by atoms with Gasteiger partial charge in [0.15, 0.2) is 0 Å². The van der Waals surface area contributed by atoms with Crippen LogP contribution < -0.4 is 0 Å². The predicted octanol–water partition coefficient (Wildman–Crippen LogP) is 5.02. The smallest absolute Gasteiger partial charge is 0.106 e. The van der Waals surface area contributed by atoms with Gasteiger partial charge in [-0.1, -0.05) is 53.4 Å². The molecular weight excluding hydrogens is 252 g/mol. The number of hydrogen-bond donors (Lipinski definition) is 0. The third-order valence-electron chi connectivity index (χ3n) is 2.57. The van der Waals surface area contributed by atoms with E-state index in [2.05, 4.69) is 27.7 Å². The Balaban J connectivity index is -0.000000257. The van der Waals surface area contributed by atoms with Crippen LogP contribution in [0, 0.1) is 0 Å². The average Bonchev–Trinajstić information content (AvgIpc) is 2.50. The summed E-state index contributed by atoms with van der Waals surface area (Å²) in [5, 5.41) is 0. The van der Waals surface area contributed by atoms with Crippen LogP contribution in [0.15, 0.2) is 0 Å². The number of carbonyl (C=O) groups excluding carboxylic acids is 1. The van der Waals surface area contributed by atoms with Crippen LogP contribution in [0.4, 0.5) is 0 Å².